The summed E-state index contributed by atoms with van der Waals surface area (Å²) in [6, 6.07) is -0.879. The molecule has 0 aromatic rings. The average Bonchev–Trinajstić information content (AvgIpc) is 3.42. The second kappa shape index (κ2) is 58.6. The summed E-state index contributed by atoms with van der Waals surface area (Å²) < 4.78 is 30.7. The molecule has 0 aromatic carbocycles. The quantitative estimate of drug-likeness (QED) is 0.0205. The van der Waals surface area contributed by atoms with Crippen LogP contribution in [-0.4, -0.2) is 74.3 Å². The third-order valence-electron chi connectivity index (χ3n) is 13.6. The number of quaternary nitrogens is 1. The van der Waals surface area contributed by atoms with Gasteiger partial charge in [-0.1, -0.05) is 245 Å². The van der Waals surface area contributed by atoms with E-state index in [2.05, 4.69) is 135 Å². The molecule has 0 rings (SSSR count). The number of phosphoric acid groups is 1. The van der Waals surface area contributed by atoms with Crippen molar-refractivity contribution in [2.45, 2.75) is 270 Å². The van der Waals surface area contributed by atoms with E-state index in [0.717, 1.165) is 122 Å². The van der Waals surface area contributed by atoms with E-state index >= 15 is 0 Å². The summed E-state index contributed by atoms with van der Waals surface area (Å²) in [7, 11) is 1.45. The Labute approximate surface area is 493 Å². The van der Waals surface area contributed by atoms with Gasteiger partial charge in [-0.15, -0.1) is 0 Å². The summed E-state index contributed by atoms with van der Waals surface area (Å²) >= 11 is 0. The molecule has 0 saturated heterocycles. The van der Waals surface area contributed by atoms with Gasteiger partial charge >= 0.3 is 13.8 Å². The van der Waals surface area contributed by atoms with Crippen molar-refractivity contribution in [2.75, 3.05) is 40.9 Å². The molecule has 0 radical (unpaired) electrons. The summed E-state index contributed by atoms with van der Waals surface area (Å²) in [6.07, 6.45) is 82.0. The van der Waals surface area contributed by atoms with Crippen molar-refractivity contribution in [1.82, 2.24) is 5.32 Å². The molecule has 0 heterocycles. The van der Waals surface area contributed by atoms with E-state index in [-0.39, 0.29) is 37.9 Å². The molecule has 458 valence electrons. The number of rotatable bonds is 57. The SMILES string of the molecule is CC/C=C\C/C=C\C/C=C\C/C=C\C/C=C\CCCCCC(=O)NC(COP(=O)(O)OCC[N+](C)(C)C)C(/C=C/CCCCCCCCCCCC)OC(=O)CCCCCCCCC/C=C\C/C=C\C/C=C\C/C=C\CCCCC. The van der Waals surface area contributed by atoms with E-state index in [1.807, 2.05) is 33.3 Å². The van der Waals surface area contributed by atoms with Gasteiger partial charge in [0.1, 0.15) is 19.3 Å². The molecule has 3 atom stereocenters. The minimum atomic E-state index is -4.47. The first-order chi connectivity index (χ1) is 38.9. The van der Waals surface area contributed by atoms with E-state index in [4.69, 9.17) is 13.8 Å². The lowest BCUT2D eigenvalue weighted by Crippen LogP contribution is -2.47. The topological polar surface area (TPSA) is 111 Å². The van der Waals surface area contributed by atoms with Gasteiger partial charge in [0.15, 0.2) is 0 Å². The number of ether oxygens (including phenoxy) is 1. The fraction of sp³-hybridized carbons (Fsp3) is 0.686. The number of nitrogens with one attached hydrogen (secondary N) is 1. The van der Waals surface area contributed by atoms with Crippen LogP contribution in [0.15, 0.2) is 122 Å². The smallest absolute Gasteiger partial charge is 0.456 e. The molecule has 0 spiro atoms. The second-order valence-corrected chi connectivity index (χ2v) is 24.0. The van der Waals surface area contributed by atoms with Gasteiger partial charge in [0.2, 0.25) is 5.91 Å². The third-order valence-corrected chi connectivity index (χ3v) is 14.6. The predicted octanol–water partition coefficient (Wildman–Crippen LogP) is 20.3. The number of likely N-dealkylation sites (N-methyl/N-ethyl adjacent to an activating group) is 1. The maximum absolute atomic E-state index is 13.6. The molecule has 0 aliphatic rings. The Kier molecular flexibility index (Phi) is 56.0. The van der Waals surface area contributed by atoms with E-state index in [1.54, 1.807) is 0 Å². The Bertz CT molecular complexity index is 1780. The highest BCUT2D eigenvalue weighted by atomic mass is 31.2. The van der Waals surface area contributed by atoms with Crippen LogP contribution >= 0.6 is 7.82 Å². The van der Waals surface area contributed by atoms with Crippen LogP contribution in [0.1, 0.15) is 258 Å². The lowest BCUT2D eigenvalue weighted by atomic mass is 10.0. The molecule has 0 aliphatic carbocycles. The summed E-state index contributed by atoms with van der Waals surface area (Å²) in [5.74, 6) is -0.561. The van der Waals surface area contributed by atoms with Gasteiger partial charge in [-0.25, -0.2) is 4.57 Å². The van der Waals surface area contributed by atoms with E-state index in [0.29, 0.717) is 17.4 Å². The second-order valence-electron chi connectivity index (χ2n) is 22.5. The molecule has 0 saturated carbocycles. The van der Waals surface area contributed by atoms with Crippen LogP contribution in [0, 0.1) is 0 Å². The monoisotopic (exact) mass is 1130 g/mol. The van der Waals surface area contributed by atoms with Crippen LogP contribution in [0.3, 0.4) is 0 Å². The lowest BCUT2D eigenvalue weighted by Gasteiger charge is -2.27. The zero-order valence-electron chi connectivity index (χ0n) is 52.3. The van der Waals surface area contributed by atoms with E-state index < -0.39 is 20.0 Å². The summed E-state index contributed by atoms with van der Waals surface area (Å²) in [6.45, 7) is 6.83. The number of unbranched alkanes of at least 4 members (excludes halogenated alkanes) is 23. The maximum Gasteiger partial charge on any atom is 0.472 e. The molecule has 80 heavy (non-hydrogen) atoms. The summed E-state index contributed by atoms with van der Waals surface area (Å²) in [5.41, 5.74) is 0. The van der Waals surface area contributed by atoms with Crippen molar-refractivity contribution in [1.29, 1.82) is 0 Å². The van der Waals surface area contributed by atoms with Gasteiger partial charge < -0.3 is 19.4 Å². The molecule has 0 bridgehead atoms. The predicted molar refractivity (Wildman–Crippen MR) is 346 cm³/mol. The molecular weight excluding hydrogens is 1010 g/mol. The molecule has 0 aromatic heterocycles. The average molecular weight is 1130 g/mol. The van der Waals surface area contributed by atoms with E-state index in [9.17, 15) is 19.0 Å². The standard InChI is InChI=1S/C70H121N2O7P/c1-7-10-13-16-19-22-25-28-30-32-34-35-36-37-39-41-43-45-48-51-54-57-60-63-70(74)79-68(61-58-55-52-49-46-27-24-21-18-15-12-9-3)67(66-78-80(75,76)77-65-64-72(4,5)6)71-69(73)62-59-56-53-50-47-44-42-40-38-33-31-29-26-23-20-17-14-11-8-2/h11,14,19-20,22-23,28-31,34-35,37-40,44,47,58,61,67-68H,7-10,12-13,15-18,21,24-27,32-33,36,41-43,45-46,48-57,59-60,62-66H2,1-6H3,(H-,71,73,75,76)/p+1/b14-11-,22-19-,23-20-,30-28-,31-29-,35-34-,39-37-,40-38-,47-44-,61-58+. The largest absolute Gasteiger partial charge is 0.472 e. The molecular formula is C70H122N2O7P+. The Morgan fingerprint density at radius 1 is 0.450 bits per heavy atom. The van der Waals surface area contributed by atoms with Crippen LogP contribution < -0.4 is 5.32 Å². The molecule has 0 fully saturated rings. The van der Waals surface area contributed by atoms with Crippen LogP contribution in [0.2, 0.25) is 0 Å². The number of esters is 1. The minimum Gasteiger partial charge on any atom is -0.456 e. The Morgan fingerprint density at radius 3 is 1.24 bits per heavy atom. The molecule has 1 amide bonds. The first-order valence-corrected chi connectivity index (χ1v) is 33.9. The molecule has 3 unspecified atom stereocenters. The number of hydrogen-bond donors (Lipinski definition) is 2. The number of nitrogens with zero attached hydrogens (tertiary/aromatic N) is 1. The first-order valence-electron chi connectivity index (χ1n) is 32.4. The van der Waals surface area contributed by atoms with Gasteiger partial charge in [-0.05, 0) is 122 Å². The van der Waals surface area contributed by atoms with Gasteiger partial charge in [0.05, 0.1) is 33.8 Å². The number of hydrogen-bond acceptors (Lipinski definition) is 6. The number of phosphoric ester groups is 1. The Morgan fingerprint density at radius 2 is 0.800 bits per heavy atom. The summed E-state index contributed by atoms with van der Waals surface area (Å²) in [5, 5.41) is 3.04. The molecule has 10 heteroatoms. The van der Waals surface area contributed by atoms with Gasteiger partial charge in [-0.3, -0.25) is 18.6 Å². The lowest BCUT2D eigenvalue weighted by molar-refractivity contribution is -0.870. The van der Waals surface area contributed by atoms with Crippen molar-refractivity contribution in [3.8, 4) is 0 Å². The van der Waals surface area contributed by atoms with E-state index in [1.165, 1.54) is 96.3 Å². The molecule has 0 aliphatic heterocycles. The van der Waals surface area contributed by atoms with Crippen molar-refractivity contribution in [3.05, 3.63) is 122 Å². The van der Waals surface area contributed by atoms with Crippen LogP contribution in [0.25, 0.3) is 0 Å². The fourth-order valence-electron chi connectivity index (χ4n) is 8.66. The highest BCUT2D eigenvalue weighted by Crippen LogP contribution is 2.43. The number of carbonyl (C=O) groups excluding carboxylic acids is 2. The first kappa shape index (κ1) is 76.4. The molecule has 2 N–H and O–H groups in total. The van der Waals surface area contributed by atoms with Gasteiger partial charge in [0, 0.05) is 12.8 Å². The van der Waals surface area contributed by atoms with Crippen LogP contribution in [0.4, 0.5) is 0 Å². The fourth-order valence-corrected chi connectivity index (χ4v) is 9.39. The van der Waals surface area contributed by atoms with Crippen LogP contribution in [-0.2, 0) is 27.9 Å². The Hall–Kier alpha value is -3.59. The highest BCUT2D eigenvalue weighted by Gasteiger charge is 2.30. The maximum atomic E-state index is 13.6. The van der Waals surface area contributed by atoms with Crippen molar-refractivity contribution < 1.29 is 37.3 Å². The van der Waals surface area contributed by atoms with Gasteiger partial charge in [0.25, 0.3) is 0 Å². The third kappa shape index (κ3) is 59.0. The van der Waals surface area contributed by atoms with Gasteiger partial charge in [-0.2, -0.15) is 0 Å². The van der Waals surface area contributed by atoms with Crippen molar-refractivity contribution >= 4 is 19.7 Å². The minimum absolute atomic E-state index is 0.0250. The number of amides is 1. The zero-order chi connectivity index (χ0) is 58.6. The van der Waals surface area contributed by atoms with Crippen molar-refractivity contribution in [3.63, 3.8) is 0 Å². The number of allylic oxidation sites excluding steroid dienone is 19. The van der Waals surface area contributed by atoms with Crippen LogP contribution in [0.5, 0.6) is 0 Å². The summed E-state index contributed by atoms with van der Waals surface area (Å²) in [4.78, 5) is 37.8. The highest BCUT2D eigenvalue weighted by molar-refractivity contribution is 7.47. The zero-order valence-corrected chi connectivity index (χ0v) is 53.2. The molecule has 9 nitrogen and oxygen atoms in total. The normalized spacial score (nSPS) is 14.4. The Balaban J connectivity index is 5.29. The van der Waals surface area contributed by atoms with Crippen molar-refractivity contribution in [2.24, 2.45) is 0 Å². The number of carbonyl (C=O) groups is 2.